The van der Waals surface area contributed by atoms with Crippen LogP contribution in [0.3, 0.4) is 0 Å². The number of rotatable bonds is 6. The smallest absolute Gasteiger partial charge is 0.238 e. The molecule has 2 unspecified atom stereocenters. The first-order chi connectivity index (χ1) is 14.6. The molecule has 3 fully saturated rings. The lowest BCUT2D eigenvalue weighted by molar-refractivity contribution is -0.132. The number of amides is 2. The Kier molecular flexibility index (Phi) is 4.94. The van der Waals surface area contributed by atoms with E-state index in [4.69, 9.17) is 0 Å². The van der Waals surface area contributed by atoms with Crippen molar-refractivity contribution >= 4 is 11.8 Å². The first kappa shape index (κ1) is 19.1. The number of hydrogen-bond donors (Lipinski definition) is 3. The normalized spacial score (nSPS) is 24.8. The Balaban J connectivity index is 1.31. The Morgan fingerprint density at radius 3 is 2.60 bits per heavy atom. The minimum Gasteiger partial charge on any atom is -0.348 e. The Morgan fingerprint density at radius 1 is 1.17 bits per heavy atom. The van der Waals surface area contributed by atoms with Crippen LogP contribution in [0, 0.1) is 11.7 Å². The maximum absolute atomic E-state index is 14.6. The molecule has 0 radical (unpaired) electrons. The molecule has 0 bridgehead atoms. The van der Waals surface area contributed by atoms with Gasteiger partial charge in [-0.25, -0.2) is 14.4 Å². The lowest BCUT2D eigenvalue weighted by atomic mass is 9.98. The highest BCUT2D eigenvalue weighted by atomic mass is 19.1. The number of halogens is 1. The van der Waals surface area contributed by atoms with Crippen molar-refractivity contribution in [2.45, 2.75) is 56.3 Å². The second kappa shape index (κ2) is 7.75. The van der Waals surface area contributed by atoms with E-state index in [9.17, 15) is 14.0 Å². The number of nitrogens with one attached hydrogen (secondary N) is 3. The minimum absolute atomic E-state index is 0.0293. The highest BCUT2D eigenvalue weighted by Gasteiger charge is 2.38. The highest BCUT2D eigenvalue weighted by Crippen LogP contribution is 2.44. The second-order valence-electron chi connectivity index (χ2n) is 8.41. The van der Waals surface area contributed by atoms with Crippen molar-refractivity contribution in [3.8, 4) is 0 Å². The fraction of sp³-hybridized carbons (Fsp3) is 0.455. The standard InChI is InChI=1S/C22H24FN5O2/c23-16-10-14(6-7-15(16)12-2-3-12)19(13-4-5-13)28-22(30)17-11-18(29)27-21(26-17)20-24-8-1-9-25-20/h1,6-10,12-13,17,19,21,26H,2-5,11H2,(H,27,29)(H,28,30)/t17?,19-,21?/m1/s1. The van der Waals surface area contributed by atoms with Crippen LogP contribution < -0.4 is 16.0 Å². The number of hydrogen-bond acceptors (Lipinski definition) is 5. The molecule has 2 amide bonds. The Labute approximate surface area is 173 Å². The van der Waals surface area contributed by atoms with Gasteiger partial charge in [0.25, 0.3) is 0 Å². The molecule has 7 nitrogen and oxygen atoms in total. The number of carbonyl (C=O) groups excluding carboxylic acids is 2. The third kappa shape index (κ3) is 4.05. The van der Waals surface area contributed by atoms with Crippen molar-refractivity contribution in [2.75, 3.05) is 0 Å². The Hall–Kier alpha value is -2.87. The summed E-state index contributed by atoms with van der Waals surface area (Å²) >= 11 is 0. The molecule has 1 aliphatic heterocycles. The SMILES string of the molecule is O=C1CC(C(=O)N[C@@H](c2ccc(C3CC3)c(F)c2)C2CC2)NC(c2ncccn2)N1. The van der Waals surface area contributed by atoms with Gasteiger partial charge in [0.05, 0.1) is 18.5 Å². The largest absolute Gasteiger partial charge is 0.348 e. The first-order valence-corrected chi connectivity index (χ1v) is 10.5. The Morgan fingerprint density at radius 2 is 1.93 bits per heavy atom. The molecule has 0 spiro atoms. The van der Waals surface area contributed by atoms with E-state index in [1.54, 1.807) is 24.5 Å². The molecule has 2 aromatic rings. The van der Waals surface area contributed by atoms with Crippen molar-refractivity contribution in [2.24, 2.45) is 5.92 Å². The van der Waals surface area contributed by atoms with Gasteiger partial charge in [0.1, 0.15) is 12.0 Å². The summed E-state index contributed by atoms with van der Waals surface area (Å²) in [5, 5.41) is 8.94. The molecular weight excluding hydrogens is 385 g/mol. The van der Waals surface area contributed by atoms with Crippen LogP contribution in [0.25, 0.3) is 0 Å². The van der Waals surface area contributed by atoms with Crippen LogP contribution in [-0.2, 0) is 9.59 Å². The summed E-state index contributed by atoms with van der Waals surface area (Å²) in [7, 11) is 0. The topological polar surface area (TPSA) is 96.0 Å². The van der Waals surface area contributed by atoms with E-state index in [2.05, 4.69) is 25.9 Å². The molecule has 3 atom stereocenters. The van der Waals surface area contributed by atoms with Crippen molar-refractivity contribution in [3.05, 3.63) is 59.4 Å². The average Bonchev–Trinajstić information content (AvgIpc) is 3.65. The molecule has 5 rings (SSSR count). The van der Waals surface area contributed by atoms with Gasteiger partial charge in [0, 0.05) is 12.4 Å². The number of benzene rings is 1. The van der Waals surface area contributed by atoms with Crippen LogP contribution in [0.2, 0.25) is 0 Å². The highest BCUT2D eigenvalue weighted by molar-refractivity contribution is 5.89. The summed E-state index contributed by atoms with van der Waals surface area (Å²) in [4.78, 5) is 33.5. The van der Waals surface area contributed by atoms with Crippen molar-refractivity contribution in [3.63, 3.8) is 0 Å². The third-order valence-corrected chi connectivity index (χ3v) is 6.02. The van der Waals surface area contributed by atoms with Gasteiger partial charge in [-0.2, -0.15) is 0 Å². The lowest BCUT2D eigenvalue weighted by Crippen LogP contribution is -2.57. The van der Waals surface area contributed by atoms with Crippen molar-refractivity contribution in [1.29, 1.82) is 0 Å². The molecule has 2 heterocycles. The van der Waals surface area contributed by atoms with E-state index in [-0.39, 0.29) is 30.1 Å². The van der Waals surface area contributed by atoms with Crippen LogP contribution in [-0.4, -0.2) is 27.8 Å². The van der Waals surface area contributed by atoms with Gasteiger partial charge >= 0.3 is 0 Å². The van der Waals surface area contributed by atoms with E-state index < -0.39 is 12.2 Å². The Bertz CT molecular complexity index is 961. The molecular formula is C22H24FN5O2. The van der Waals surface area contributed by atoms with Gasteiger partial charge in [-0.05, 0) is 60.8 Å². The van der Waals surface area contributed by atoms with Crippen LogP contribution in [0.15, 0.2) is 36.7 Å². The molecule has 8 heteroatoms. The van der Waals surface area contributed by atoms with E-state index in [1.165, 1.54) is 0 Å². The zero-order valence-electron chi connectivity index (χ0n) is 16.5. The zero-order valence-corrected chi connectivity index (χ0v) is 16.5. The van der Waals surface area contributed by atoms with Gasteiger partial charge in [-0.1, -0.05) is 12.1 Å². The van der Waals surface area contributed by atoms with Crippen LogP contribution in [0.1, 0.15) is 67.2 Å². The molecule has 156 valence electrons. The van der Waals surface area contributed by atoms with Crippen LogP contribution in [0.5, 0.6) is 0 Å². The molecule has 2 saturated carbocycles. The predicted octanol–water partition coefficient (Wildman–Crippen LogP) is 2.24. The summed E-state index contributed by atoms with van der Waals surface area (Å²) in [5.74, 6) is 0.343. The number of nitrogens with zero attached hydrogens (tertiary/aromatic N) is 2. The maximum atomic E-state index is 14.6. The molecule has 3 N–H and O–H groups in total. The third-order valence-electron chi connectivity index (χ3n) is 6.02. The molecule has 2 aliphatic carbocycles. The number of aromatic nitrogens is 2. The van der Waals surface area contributed by atoms with Gasteiger partial charge in [0.15, 0.2) is 5.82 Å². The van der Waals surface area contributed by atoms with Crippen molar-refractivity contribution in [1.82, 2.24) is 25.9 Å². The zero-order chi connectivity index (χ0) is 20.7. The quantitative estimate of drug-likeness (QED) is 0.680. The van der Waals surface area contributed by atoms with E-state index >= 15 is 0 Å². The molecule has 3 aliphatic rings. The summed E-state index contributed by atoms with van der Waals surface area (Å²) in [6.07, 6.45) is 6.65. The summed E-state index contributed by atoms with van der Waals surface area (Å²) in [6.45, 7) is 0. The van der Waals surface area contributed by atoms with Gasteiger partial charge in [0.2, 0.25) is 11.8 Å². The minimum atomic E-state index is -0.704. The van der Waals surface area contributed by atoms with Gasteiger partial charge in [-0.3, -0.25) is 14.9 Å². The van der Waals surface area contributed by atoms with Crippen LogP contribution in [0.4, 0.5) is 4.39 Å². The summed E-state index contributed by atoms with van der Waals surface area (Å²) in [6, 6.07) is 6.09. The first-order valence-electron chi connectivity index (χ1n) is 10.5. The molecule has 1 saturated heterocycles. The predicted molar refractivity (Wildman–Crippen MR) is 106 cm³/mol. The van der Waals surface area contributed by atoms with Crippen LogP contribution >= 0.6 is 0 Å². The molecule has 1 aromatic carbocycles. The van der Waals surface area contributed by atoms with E-state index in [0.29, 0.717) is 17.7 Å². The summed E-state index contributed by atoms with van der Waals surface area (Å²) in [5.41, 5.74) is 1.56. The molecule has 1 aromatic heterocycles. The monoisotopic (exact) mass is 409 g/mol. The fourth-order valence-electron chi connectivity index (χ4n) is 4.09. The molecule has 30 heavy (non-hydrogen) atoms. The van der Waals surface area contributed by atoms with Gasteiger partial charge in [-0.15, -0.1) is 0 Å². The summed E-state index contributed by atoms with van der Waals surface area (Å²) < 4.78 is 14.6. The average molecular weight is 409 g/mol. The fourth-order valence-corrected chi connectivity index (χ4v) is 4.09. The lowest BCUT2D eigenvalue weighted by Gasteiger charge is -2.31. The van der Waals surface area contributed by atoms with E-state index in [0.717, 1.165) is 36.8 Å². The second-order valence-corrected chi connectivity index (χ2v) is 8.41. The van der Waals surface area contributed by atoms with E-state index in [1.807, 2.05) is 12.1 Å². The van der Waals surface area contributed by atoms with Crippen molar-refractivity contribution < 1.29 is 14.0 Å². The maximum Gasteiger partial charge on any atom is 0.238 e. The number of carbonyl (C=O) groups is 2. The van der Waals surface area contributed by atoms with Gasteiger partial charge < -0.3 is 10.6 Å².